The summed E-state index contributed by atoms with van der Waals surface area (Å²) < 4.78 is 7.54. The summed E-state index contributed by atoms with van der Waals surface area (Å²) in [4.78, 5) is 17.8. The Hall–Kier alpha value is -1.72. The van der Waals surface area contributed by atoms with Crippen LogP contribution in [-0.2, 0) is 11.3 Å². The number of aromatic nitrogens is 2. The van der Waals surface area contributed by atoms with Crippen molar-refractivity contribution in [2.75, 3.05) is 30.3 Å². The molecule has 2 N–H and O–H groups in total. The smallest absolute Gasteiger partial charge is 0.299 e. The summed E-state index contributed by atoms with van der Waals surface area (Å²) in [7, 11) is 0. The first-order valence-electron chi connectivity index (χ1n) is 6.51. The monoisotopic (exact) mass is 250 g/mol. The SMILES string of the molecule is Nc1c(N2CCC(=O)CC2)nc2n1CCCCO2. The Morgan fingerprint density at radius 1 is 1.17 bits per heavy atom. The number of hydrogen-bond donors (Lipinski definition) is 1. The first-order chi connectivity index (χ1) is 8.75. The molecule has 0 radical (unpaired) electrons. The van der Waals surface area contributed by atoms with Crippen molar-refractivity contribution in [3.05, 3.63) is 0 Å². The van der Waals surface area contributed by atoms with Gasteiger partial charge in [0.15, 0.2) is 11.6 Å². The van der Waals surface area contributed by atoms with Crippen LogP contribution in [-0.4, -0.2) is 35.0 Å². The van der Waals surface area contributed by atoms with E-state index in [1.807, 2.05) is 4.57 Å². The lowest BCUT2D eigenvalue weighted by molar-refractivity contribution is -0.119. The second kappa shape index (κ2) is 4.51. The molecule has 2 aliphatic rings. The predicted octanol–water partition coefficient (Wildman–Crippen LogP) is 0.807. The highest BCUT2D eigenvalue weighted by atomic mass is 16.5. The molecule has 18 heavy (non-hydrogen) atoms. The van der Waals surface area contributed by atoms with Crippen molar-refractivity contribution in [2.24, 2.45) is 0 Å². The highest BCUT2D eigenvalue weighted by Crippen LogP contribution is 2.31. The molecule has 1 aromatic rings. The largest absolute Gasteiger partial charge is 0.465 e. The van der Waals surface area contributed by atoms with Crippen molar-refractivity contribution in [1.29, 1.82) is 0 Å². The first-order valence-corrected chi connectivity index (χ1v) is 6.51. The van der Waals surface area contributed by atoms with E-state index in [1.54, 1.807) is 0 Å². The van der Waals surface area contributed by atoms with Gasteiger partial charge in [0.2, 0.25) is 0 Å². The molecule has 0 aliphatic carbocycles. The number of rotatable bonds is 1. The fourth-order valence-electron chi connectivity index (χ4n) is 2.49. The third-order valence-electron chi connectivity index (χ3n) is 3.58. The summed E-state index contributed by atoms with van der Waals surface area (Å²) in [6.45, 7) is 2.98. The molecular weight excluding hydrogens is 232 g/mol. The van der Waals surface area contributed by atoms with Gasteiger partial charge in [-0.1, -0.05) is 0 Å². The molecule has 98 valence electrons. The van der Waals surface area contributed by atoms with Crippen LogP contribution in [0, 0.1) is 0 Å². The van der Waals surface area contributed by atoms with Gasteiger partial charge in [-0.15, -0.1) is 0 Å². The molecule has 0 aromatic carbocycles. The Morgan fingerprint density at radius 2 is 1.94 bits per heavy atom. The molecule has 2 aliphatic heterocycles. The number of piperidine rings is 1. The van der Waals surface area contributed by atoms with E-state index in [1.165, 1.54) is 0 Å². The number of anilines is 2. The van der Waals surface area contributed by atoms with Gasteiger partial charge in [0.25, 0.3) is 6.01 Å². The van der Waals surface area contributed by atoms with E-state index in [4.69, 9.17) is 10.5 Å². The van der Waals surface area contributed by atoms with E-state index in [0.29, 0.717) is 50.1 Å². The number of imidazole rings is 1. The molecule has 1 fully saturated rings. The highest BCUT2D eigenvalue weighted by Gasteiger charge is 2.25. The minimum absolute atomic E-state index is 0.321. The van der Waals surface area contributed by atoms with Crippen LogP contribution < -0.4 is 15.4 Å². The molecule has 1 aromatic heterocycles. The van der Waals surface area contributed by atoms with Crippen molar-refractivity contribution in [3.8, 4) is 6.01 Å². The van der Waals surface area contributed by atoms with Crippen LogP contribution >= 0.6 is 0 Å². The van der Waals surface area contributed by atoms with Gasteiger partial charge in [0, 0.05) is 32.5 Å². The van der Waals surface area contributed by atoms with Crippen molar-refractivity contribution in [1.82, 2.24) is 9.55 Å². The standard InChI is InChI=1S/C12H18N4O2/c13-10-11(15-6-3-9(17)4-7-15)14-12-16(10)5-1-2-8-18-12/h1-8,13H2. The normalized spacial score (nSPS) is 20.2. The molecule has 0 saturated carbocycles. The zero-order valence-electron chi connectivity index (χ0n) is 10.4. The zero-order chi connectivity index (χ0) is 12.5. The summed E-state index contributed by atoms with van der Waals surface area (Å²) in [6, 6.07) is 0.622. The van der Waals surface area contributed by atoms with E-state index in [9.17, 15) is 4.79 Å². The summed E-state index contributed by atoms with van der Waals surface area (Å²) in [5.41, 5.74) is 6.15. The Balaban J connectivity index is 1.86. The molecular formula is C12H18N4O2. The van der Waals surface area contributed by atoms with Gasteiger partial charge in [-0.3, -0.25) is 9.36 Å². The molecule has 6 heteroatoms. The Morgan fingerprint density at radius 3 is 2.72 bits per heavy atom. The Labute approximate surface area is 106 Å². The van der Waals surface area contributed by atoms with Crippen LogP contribution in [0.3, 0.4) is 0 Å². The van der Waals surface area contributed by atoms with Gasteiger partial charge in [-0.25, -0.2) is 0 Å². The second-order valence-electron chi connectivity index (χ2n) is 4.84. The first kappa shape index (κ1) is 11.4. The molecule has 1 saturated heterocycles. The molecule has 3 heterocycles. The van der Waals surface area contributed by atoms with E-state index in [-0.39, 0.29) is 0 Å². The average molecular weight is 250 g/mol. The highest BCUT2D eigenvalue weighted by molar-refractivity contribution is 5.81. The lowest BCUT2D eigenvalue weighted by Gasteiger charge is -2.26. The van der Waals surface area contributed by atoms with Crippen molar-refractivity contribution in [3.63, 3.8) is 0 Å². The Kier molecular flexibility index (Phi) is 2.85. The van der Waals surface area contributed by atoms with E-state index >= 15 is 0 Å². The number of Topliss-reactive ketones (excluding diaryl/α,β-unsaturated/α-hetero) is 1. The van der Waals surface area contributed by atoms with Crippen LogP contribution in [0.4, 0.5) is 11.6 Å². The quantitative estimate of drug-likeness (QED) is 0.798. The number of nitrogens with zero attached hydrogens (tertiary/aromatic N) is 3. The second-order valence-corrected chi connectivity index (χ2v) is 4.84. The maximum atomic E-state index is 11.3. The van der Waals surface area contributed by atoms with Crippen molar-refractivity contribution in [2.45, 2.75) is 32.2 Å². The number of nitrogen functional groups attached to an aromatic ring is 1. The molecule has 3 rings (SSSR count). The lowest BCUT2D eigenvalue weighted by atomic mass is 10.1. The molecule has 0 amide bonds. The number of ketones is 1. The minimum atomic E-state index is 0.321. The van der Waals surface area contributed by atoms with Gasteiger partial charge in [0.1, 0.15) is 5.78 Å². The van der Waals surface area contributed by atoms with Crippen LogP contribution in [0.1, 0.15) is 25.7 Å². The third-order valence-corrected chi connectivity index (χ3v) is 3.58. The number of carbonyl (C=O) groups is 1. The topological polar surface area (TPSA) is 73.4 Å². The van der Waals surface area contributed by atoms with Crippen molar-refractivity contribution < 1.29 is 9.53 Å². The average Bonchev–Trinajstić information content (AvgIpc) is 2.57. The van der Waals surface area contributed by atoms with E-state index in [0.717, 1.165) is 25.2 Å². The van der Waals surface area contributed by atoms with Gasteiger partial charge in [-0.2, -0.15) is 4.98 Å². The number of fused-ring (bicyclic) bond motifs is 1. The predicted molar refractivity (Wildman–Crippen MR) is 67.8 cm³/mol. The number of carbonyl (C=O) groups excluding carboxylic acids is 1. The summed E-state index contributed by atoms with van der Waals surface area (Å²) in [5, 5.41) is 0. The molecule has 0 spiro atoms. The maximum absolute atomic E-state index is 11.3. The van der Waals surface area contributed by atoms with Crippen LogP contribution in [0.15, 0.2) is 0 Å². The molecule has 0 unspecified atom stereocenters. The van der Waals surface area contributed by atoms with Crippen LogP contribution in [0.5, 0.6) is 6.01 Å². The van der Waals surface area contributed by atoms with Gasteiger partial charge in [-0.05, 0) is 12.8 Å². The zero-order valence-corrected chi connectivity index (χ0v) is 10.4. The van der Waals surface area contributed by atoms with Gasteiger partial charge >= 0.3 is 0 Å². The molecule has 6 nitrogen and oxygen atoms in total. The van der Waals surface area contributed by atoms with E-state index in [2.05, 4.69) is 9.88 Å². The number of hydrogen-bond acceptors (Lipinski definition) is 5. The minimum Gasteiger partial charge on any atom is -0.465 e. The third kappa shape index (κ3) is 1.91. The summed E-state index contributed by atoms with van der Waals surface area (Å²) in [6.07, 6.45) is 3.27. The summed E-state index contributed by atoms with van der Waals surface area (Å²) in [5.74, 6) is 1.77. The lowest BCUT2D eigenvalue weighted by Crippen LogP contribution is -2.34. The Bertz CT molecular complexity index is 459. The number of nitrogens with two attached hydrogens (primary N) is 1. The van der Waals surface area contributed by atoms with Gasteiger partial charge in [0.05, 0.1) is 6.61 Å². The van der Waals surface area contributed by atoms with Crippen LogP contribution in [0.25, 0.3) is 0 Å². The fourth-order valence-corrected chi connectivity index (χ4v) is 2.49. The number of ether oxygens (including phenoxy) is 1. The van der Waals surface area contributed by atoms with E-state index < -0.39 is 0 Å². The molecule has 0 atom stereocenters. The maximum Gasteiger partial charge on any atom is 0.299 e. The fraction of sp³-hybridized carbons (Fsp3) is 0.667. The summed E-state index contributed by atoms with van der Waals surface area (Å²) >= 11 is 0. The molecule has 0 bridgehead atoms. The van der Waals surface area contributed by atoms with Crippen LogP contribution in [0.2, 0.25) is 0 Å². The van der Waals surface area contributed by atoms with Gasteiger partial charge < -0.3 is 15.4 Å². The van der Waals surface area contributed by atoms with Crippen molar-refractivity contribution >= 4 is 17.4 Å².